The molecule has 0 atom stereocenters. The molecular weight excluding hydrogens is 379 g/mol. The van der Waals surface area contributed by atoms with E-state index in [-0.39, 0.29) is 10.5 Å². The van der Waals surface area contributed by atoms with E-state index in [0.29, 0.717) is 16.8 Å². The van der Waals surface area contributed by atoms with Crippen LogP contribution in [0.4, 0.5) is 4.39 Å². The Morgan fingerprint density at radius 1 is 1.00 bits per heavy atom. The molecule has 6 nitrogen and oxygen atoms in total. The Bertz CT molecular complexity index is 1310. The minimum atomic E-state index is -3.92. The summed E-state index contributed by atoms with van der Waals surface area (Å²) in [5.74, 6) is -0.249. The molecular formula is C20H17FN4O2S. The number of fused-ring (bicyclic) bond motifs is 1. The van der Waals surface area contributed by atoms with Crippen LogP contribution in [0.1, 0.15) is 16.8 Å². The molecule has 1 aromatic carbocycles. The second-order valence-electron chi connectivity index (χ2n) is 6.64. The molecule has 0 bridgehead atoms. The standard InChI is InChI=1S/C20H17FN4O2S/c1-12-4-6-16(7-5-12)28(26,27)25-11-18(17-8-15(21)10-23-20(17)25)19-22-9-13(2)14(3)24-19/h4-11H,1-3H3. The lowest BCUT2D eigenvalue weighted by Crippen LogP contribution is -2.12. The van der Waals surface area contributed by atoms with Crippen molar-refractivity contribution in [1.82, 2.24) is 18.9 Å². The van der Waals surface area contributed by atoms with Gasteiger partial charge in [0.1, 0.15) is 5.82 Å². The summed E-state index contributed by atoms with van der Waals surface area (Å²) in [5.41, 5.74) is 3.14. The van der Waals surface area contributed by atoms with Gasteiger partial charge in [-0.3, -0.25) is 0 Å². The summed E-state index contributed by atoms with van der Waals surface area (Å²) < 4.78 is 41.3. The number of aromatic nitrogens is 4. The molecule has 0 radical (unpaired) electrons. The highest BCUT2D eigenvalue weighted by Gasteiger charge is 2.24. The van der Waals surface area contributed by atoms with E-state index in [1.807, 2.05) is 20.8 Å². The topological polar surface area (TPSA) is 77.7 Å². The molecule has 0 saturated carbocycles. The molecule has 0 saturated heterocycles. The molecule has 28 heavy (non-hydrogen) atoms. The smallest absolute Gasteiger partial charge is 0.236 e. The fourth-order valence-electron chi connectivity index (χ4n) is 2.90. The Hall–Kier alpha value is -3.13. The average Bonchev–Trinajstić information content (AvgIpc) is 3.04. The quantitative estimate of drug-likeness (QED) is 0.526. The zero-order chi connectivity index (χ0) is 20.1. The van der Waals surface area contributed by atoms with Gasteiger partial charge in [0.05, 0.1) is 11.1 Å². The third kappa shape index (κ3) is 2.95. The number of halogens is 1. The minimum Gasteiger partial charge on any atom is -0.236 e. The number of rotatable bonds is 3. The zero-order valence-electron chi connectivity index (χ0n) is 15.5. The highest BCUT2D eigenvalue weighted by molar-refractivity contribution is 7.90. The third-order valence-electron chi connectivity index (χ3n) is 4.62. The molecule has 0 fully saturated rings. The van der Waals surface area contributed by atoms with E-state index in [1.54, 1.807) is 18.3 Å². The van der Waals surface area contributed by atoms with Gasteiger partial charge >= 0.3 is 0 Å². The SMILES string of the molecule is Cc1ccc(S(=O)(=O)n2cc(-c3ncc(C)c(C)n3)c3cc(F)cnc32)cc1. The fourth-order valence-corrected chi connectivity index (χ4v) is 4.22. The van der Waals surface area contributed by atoms with Crippen molar-refractivity contribution in [3.8, 4) is 11.4 Å². The summed E-state index contributed by atoms with van der Waals surface area (Å²) >= 11 is 0. The first-order valence-electron chi connectivity index (χ1n) is 8.57. The van der Waals surface area contributed by atoms with Gasteiger partial charge in [0.25, 0.3) is 10.0 Å². The van der Waals surface area contributed by atoms with E-state index in [4.69, 9.17) is 0 Å². The summed E-state index contributed by atoms with van der Waals surface area (Å²) in [7, 11) is -3.92. The second-order valence-corrected chi connectivity index (χ2v) is 8.46. The molecule has 0 aliphatic rings. The van der Waals surface area contributed by atoms with E-state index < -0.39 is 15.8 Å². The summed E-state index contributed by atoms with van der Waals surface area (Å²) in [6, 6.07) is 7.76. The number of nitrogens with zero attached hydrogens (tertiary/aromatic N) is 4. The number of pyridine rings is 1. The van der Waals surface area contributed by atoms with Crippen molar-refractivity contribution in [1.29, 1.82) is 0 Å². The van der Waals surface area contributed by atoms with Gasteiger partial charge in [-0.2, -0.15) is 0 Å². The van der Waals surface area contributed by atoms with Gasteiger partial charge in [-0.05, 0) is 44.5 Å². The molecule has 0 amide bonds. The predicted octanol–water partition coefficient (Wildman–Crippen LogP) is 3.79. The first kappa shape index (κ1) is 18.2. The van der Waals surface area contributed by atoms with Crippen LogP contribution in [0.25, 0.3) is 22.4 Å². The van der Waals surface area contributed by atoms with Crippen LogP contribution < -0.4 is 0 Å². The van der Waals surface area contributed by atoms with Crippen molar-refractivity contribution in [2.45, 2.75) is 25.7 Å². The van der Waals surface area contributed by atoms with E-state index in [9.17, 15) is 12.8 Å². The summed E-state index contributed by atoms with van der Waals surface area (Å²) in [6.07, 6.45) is 4.05. The molecule has 0 aliphatic carbocycles. The third-order valence-corrected chi connectivity index (χ3v) is 6.29. The Morgan fingerprint density at radius 2 is 1.71 bits per heavy atom. The Morgan fingerprint density at radius 3 is 2.39 bits per heavy atom. The van der Waals surface area contributed by atoms with Crippen LogP contribution in [0.15, 0.2) is 53.8 Å². The van der Waals surface area contributed by atoms with Gasteiger partial charge in [-0.25, -0.2) is 31.7 Å². The van der Waals surface area contributed by atoms with Crippen LogP contribution in [-0.4, -0.2) is 27.3 Å². The molecule has 0 unspecified atom stereocenters. The van der Waals surface area contributed by atoms with Gasteiger partial charge in [-0.1, -0.05) is 17.7 Å². The maximum Gasteiger partial charge on any atom is 0.269 e. The maximum atomic E-state index is 13.9. The van der Waals surface area contributed by atoms with Crippen LogP contribution in [-0.2, 0) is 10.0 Å². The van der Waals surface area contributed by atoms with Crippen molar-refractivity contribution < 1.29 is 12.8 Å². The zero-order valence-corrected chi connectivity index (χ0v) is 16.3. The normalized spacial score (nSPS) is 11.9. The predicted molar refractivity (Wildman–Crippen MR) is 104 cm³/mol. The van der Waals surface area contributed by atoms with Crippen molar-refractivity contribution in [3.63, 3.8) is 0 Å². The first-order valence-corrected chi connectivity index (χ1v) is 10.0. The molecule has 0 N–H and O–H groups in total. The highest BCUT2D eigenvalue weighted by Crippen LogP contribution is 2.31. The van der Waals surface area contributed by atoms with Crippen LogP contribution in [0.5, 0.6) is 0 Å². The molecule has 3 heterocycles. The minimum absolute atomic E-state index is 0.119. The Kier molecular flexibility index (Phi) is 4.23. The Labute approximate surface area is 161 Å². The molecule has 4 aromatic rings. The summed E-state index contributed by atoms with van der Waals surface area (Å²) in [4.78, 5) is 12.9. The number of hydrogen-bond donors (Lipinski definition) is 0. The number of aryl methyl sites for hydroxylation is 3. The summed E-state index contributed by atoms with van der Waals surface area (Å²) in [5, 5.41) is 0.332. The average molecular weight is 396 g/mol. The van der Waals surface area contributed by atoms with Crippen LogP contribution >= 0.6 is 0 Å². The van der Waals surface area contributed by atoms with E-state index in [0.717, 1.165) is 27.0 Å². The molecule has 4 rings (SSSR count). The van der Waals surface area contributed by atoms with Crippen molar-refractivity contribution in [2.75, 3.05) is 0 Å². The van der Waals surface area contributed by atoms with Crippen molar-refractivity contribution in [3.05, 3.63) is 71.6 Å². The van der Waals surface area contributed by atoms with Gasteiger partial charge in [0.2, 0.25) is 0 Å². The number of benzene rings is 1. The number of hydrogen-bond acceptors (Lipinski definition) is 5. The van der Waals surface area contributed by atoms with E-state index >= 15 is 0 Å². The van der Waals surface area contributed by atoms with E-state index in [1.165, 1.54) is 24.4 Å². The van der Waals surface area contributed by atoms with Gasteiger partial charge in [0.15, 0.2) is 11.5 Å². The lowest BCUT2D eigenvalue weighted by molar-refractivity contribution is 0.588. The molecule has 0 spiro atoms. The molecule has 8 heteroatoms. The lowest BCUT2D eigenvalue weighted by atomic mass is 10.2. The maximum absolute atomic E-state index is 13.9. The van der Waals surface area contributed by atoms with Gasteiger partial charge in [0, 0.05) is 29.0 Å². The van der Waals surface area contributed by atoms with Crippen molar-refractivity contribution >= 4 is 21.1 Å². The largest absolute Gasteiger partial charge is 0.269 e. The van der Waals surface area contributed by atoms with E-state index in [2.05, 4.69) is 15.0 Å². The van der Waals surface area contributed by atoms with Crippen LogP contribution in [0.3, 0.4) is 0 Å². The highest BCUT2D eigenvalue weighted by atomic mass is 32.2. The van der Waals surface area contributed by atoms with Gasteiger partial charge < -0.3 is 0 Å². The summed E-state index contributed by atoms with van der Waals surface area (Å²) in [6.45, 7) is 5.59. The monoisotopic (exact) mass is 396 g/mol. The molecule has 142 valence electrons. The van der Waals surface area contributed by atoms with Crippen LogP contribution in [0.2, 0.25) is 0 Å². The van der Waals surface area contributed by atoms with Crippen LogP contribution in [0, 0.1) is 26.6 Å². The first-order chi connectivity index (χ1) is 13.3. The fraction of sp³-hybridized carbons (Fsp3) is 0.150. The Balaban J connectivity index is 2.00. The van der Waals surface area contributed by atoms with Gasteiger partial charge in [-0.15, -0.1) is 0 Å². The van der Waals surface area contributed by atoms with Crippen molar-refractivity contribution in [2.24, 2.45) is 0 Å². The molecule has 0 aliphatic heterocycles. The molecule has 3 aromatic heterocycles. The lowest BCUT2D eigenvalue weighted by Gasteiger charge is -2.07. The second kappa shape index (κ2) is 6.49.